The van der Waals surface area contributed by atoms with Crippen LogP contribution in [-0.4, -0.2) is 17.6 Å². The van der Waals surface area contributed by atoms with Crippen LogP contribution in [0.4, 0.5) is 0 Å². The minimum absolute atomic E-state index is 0.111. The van der Waals surface area contributed by atoms with Gasteiger partial charge in [-0.1, -0.05) is 13.3 Å². The molecule has 0 saturated carbocycles. The SMILES string of the molecule is CCCCOC(=O)CCc1ccncc1. The van der Waals surface area contributed by atoms with Crippen LogP contribution >= 0.6 is 0 Å². The van der Waals surface area contributed by atoms with Crippen molar-refractivity contribution in [2.45, 2.75) is 32.6 Å². The Hall–Kier alpha value is -1.38. The van der Waals surface area contributed by atoms with Crippen molar-refractivity contribution in [1.82, 2.24) is 4.98 Å². The van der Waals surface area contributed by atoms with E-state index >= 15 is 0 Å². The normalized spacial score (nSPS) is 9.93. The molecule has 0 spiro atoms. The van der Waals surface area contributed by atoms with Gasteiger partial charge in [-0.25, -0.2) is 0 Å². The van der Waals surface area contributed by atoms with Crippen LogP contribution in [0.2, 0.25) is 0 Å². The summed E-state index contributed by atoms with van der Waals surface area (Å²) in [6, 6.07) is 3.83. The molecule has 0 aliphatic carbocycles. The van der Waals surface area contributed by atoms with Gasteiger partial charge in [0.25, 0.3) is 0 Å². The Balaban J connectivity index is 2.17. The van der Waals surface area contributed by atoms with E-state index in [0.717, 1.165) is 24.8 Å². The van der Waals surface area contributed by atoms with Crippen molar-refractivity contribution in [2.24, 2.45) is 0 Å². The summed E-state index contributed by atoms with van der Waals surface area (Å²) < 4.78 is 5.05. The molecule has 0 radical (unpaired) electrons. The van der Waals surface area contributed by atoms with Crippen LogP contribution in [0.15, 0.2) is 24.5 Å². The van der Waals surface area contributed by atoms with Gasteiger partial charge in [0.1, 0.15) is 0 Å². The summed E-state index contributed by atoms with van der Waals surface area (Å²) in [5, 5.41) is 0. The van der Waals surface area contributed by atoms with E-state index in [4.69, 9.17) is 4.74 Å². The number of hydrogen-bond acceptors (Lipinski definition) is 3. The third-order valence-corrected chi connectivity index (χ3v) is 2.13. The summed E-state index contributed by atoms with van der Waals surface area (Å²) in [5.74, 6) is -0.111. The second-order valence-electron chi connectivity index (χ2n) is 3.43. The van der Waals surface area contributed by atoms with Crippen LogP contribution in [-0.2, 0) is 16.0 Å². The van der Waals surface area contributed by atoms with Gasteiger partial charge < -0.3 is 4.74 Å². The number of aryl methyl sites for hydroxylation is 1. The zero-order valence-electron chi connectivity index (χ0n) is 9.11. The van der Waals surface area contributed by atoms with E-state index in [1.54, 1.807) is 12.4 Å². The van der Waals surface area contributed by atoms with Crippen LogP contribution in [0.3, 0.4) is 0 Å². The molecular formula is C12H17NO2. The lowest BCUT2D eigenvalue weighted by Crippen LogP contribution is -2.06. The second-order valence-corrected chi connectivity index (χ2v) is 3.43. The number of hydrogen-bond donors (Lipinski definition) is 0. The highest BCUT2D eigenvalue weighted by molar-refractivity contribution is 5.69. The van der Waals surface area contributed by atoms with Crippen LogP contribution in [0.1, 0.15) is 31.7 Å². The molecule has 1 heterocycles. The van der Waals surface area contributed by atoms with Gasteiger partial charge in [-0.2, -0.15) is 0 Å². The molecule has 82 valence electrons. The largest absolute Gasteiger partial charge is 0.466 e. The molecule has 0 saturated heterocycles. The molecule has 3 heteroatoms. The van der Waals surface area contributed by atoms with Gasteiger partial charge in [0, 0.05) is 18.8 Å². The van der Waals surface area contributed by atoms with Gasteiger partial charge >= 0.3 is 5.97 Å². The number of nitrogens with zero attached hydrogens (tertiary/aromatic N) is 1. The molecule has 0 aliphatic rings. The molecule has 1 rings (SSSR count). The molecule has 0 amide bonds. The summed E-state index contributed by atoms with van der Waals surface area (Å²) in [6.45, 7) is 2.62. The van der Waals surface area contributed by atoms with Gasteiger partial charge in [-0.3, -0.25) is 9.78 Å². The van der Waals surface area contributed by atoms with Crippen molar-refractivity contribution in [2.75, 3.05) is 6.61 Å². The molecule has 0 N–H and O–H groups in total. The highest BCUT2D eigenvalue weighted by Crippen LogP contribution is 2.02. The maximum atomic E-state index is 11.3. The van der Waals surface area contributed by atoms with E-state index in [1.165, 1.54) is 0 Å². The quantitative estimate of drug-likeness (QED) is 0.531. The Labute approximate surface area is 90.5 Å². The second kappa shape index (κ2) is 6.98. The fraction of sp³-hybridized carbons (Fsp3) is 0.500. The molecule has 3 nitrogen and oxygen atoms in total. The average molecular weight is 207 g/mol. The molecule has 0 fully saturated rings. The lowest BCUT2D eigenvalue weighted by molar-refractivity contribution is -0.143. The zero-order valence-corrected chi connectivity index (χ0v) is 9.11. The molecule has 0 bridgehead atoms. The number of ether oxygens (including phenoxy) is 1. The fourth-order valence-corrected chi connectivity index (χ4v) is 1.20. The molecule has 0 aliphatic heterocycles. The third-order valence-electron chi connectivity index (χ3n) is 2.13. The number of carbonyl (C=O) groups is 1. The van der Waals surface area contributed by atoms with Crippen molar-refractivity contribution in [3.8, 4) is 0 Å². The number of esters is 1. The number of unbranched alkanes of at least 4 members (excludes halogenated alkanes) is 1. The Morgan fingerprint density at radius 2 is 2.13 bits per heavy atom. The van der Waals surface area contributed by atoms with Gasteiger partial charge in [-0.05, 0) is 30.5 Å². The van der Waals surface area contributed by atoms with E-state index in [-0.39, 0.29) is 5.97 Å². The molecule has 0 unspecified atom stereocenters. The maximum Gasteiger partial charge on any atom is 0.306 e. The summed E-state index contributed by atoms with van der Waals surface area (Å²) in [6.07, 6.45) is 6.65. The van der Waals surface area contributed by atoms with Crippen LogP contribution in [0.5, 0.6) is 0 Å². The van der Waals surface area contributed by atoms with Crippen molar-refractivity contribution in [1.29, 1.82) is 0 Å². The zero-order chi connectivity index (χ0) is 10.9. The minimum Gasteiger partial charge on any atom is -0.466 e. The molecule has 15 heavy (non-hydrogen) atoms. The lowest BCUT2D eigenvalue weighted by atomic mass is 10.1. The van der Waals surface area contributed by atoms with Crippen LogP contribution in [0, 0.1) is 0 Å². The number of carbonyl (C=O) groups excluding carboxylic acids is 1. The fourth-order valence-electron chi connectivity index (χ4n) is 1.20. The van der Waals surface area contributed by atoms with E-state index in [1.807, 2.05) is 12.1 Å². The first-order chi connectivity index (χ1) is 7.33. The maximum absolute atomic E-state index is 11.3. The standard InChI is InChI=1S/C12H17NO2/c1-2-3-10-15-12(14)5-4-11-6-8-13-9-7-11/h6-9H,2-5,10H2,1H3. The number of aromatic nitrogens is 1. The number of rotatable bonds is 6. The third kappa shape index (κ3) is 5.15. The summed E-state index contributed by atoms with van der Waals surface area (Å²) in [5.41, 5.74) is 1.12. The van der Waals surface area contributed by atoms with Crippen molar-refractivity contribution < 1.29 is 9.53 Å². The van der Waals surface area contributed by atoms with Crippen molar-refractivity contribution in [3.63, 3.8) is 0 Å². The predicted molar refractivity (Wildman–Crippen MR) is 58.4 cm³/mol. The average Bonchev–Trinajstić information content (AvgIpc) is 2.28. The molecule has 0 aromatic carbocycles. The Bertz CT molecular complexity index is 285. The lowest BCUT2D eigenvalue weighted by Gasteiger charge is -2.03. The Morgan fingerprint density at radius 1 is 1.40 bits per heavy atom. The number of pyridine rings is 1. The van der Waals surface area contributed by atoms with E-state index < -0.39 is 0 Å². The van der Waals surface area contributed by atoms with E-state index in [2.05, 4.69) is 11.9 Å². The smallest absolute Gasteiger partial charge is 0.306 e. The molecule has 1 aromatic heterocycles. The predicted octanol–water partition coefficient (Wildman–Crippen LogP) is 2.36. The summed E-state index contributed by atoms with van der Waals surface area (Å²) >= 11 is 0. The van der Waals surface area contributed by atoms with Crippen LogP contribution in [0.25, 0.3) is 0 Å². The molecule has 0 atom stereocenters. The minimum atomic E-state index is -0.111. The molecule has 1 aromatic rings. The van der Waals surface area contributed by atoms with Gasteiger partial charge in [0.15, 0.2) is 0 Å². The van der Waals surface area contributed by atoms with E-state index in [0.29, 0.717) is 13.0 Å². The van der Waals surface area contributed by atoms with Crippen molar-refractivity contribution >= 4 is 5.97 Å². The molecular weight excluding hydrogens is 190 g/mol. The summed E-state index contributed by atoms with van der Waals surface area (Å²) in [7, 11) is 0. The highest BCUT2D eigenvalue weighted by atomic mass is 16.5. The first-order valence-electron chi connectivity index (χ1n) is 5.37. The van der Waals surface area contributed by atoms with E-state index in [9.17, 15) is 4.79 Å². The topological polar surface area (TPSA) is 39.2 Å². The summed E-state index contributed by atoms with van der Waals surface area (Å²) in [4.78, 5) is 15.2. The highest BCUT2D eigenvalue weighted by Gasteiger charge is 2.02. The Morgan fingerprint density at radius 3 is 2.80 bits per heavy atom. The first kappa shape index (κ1) is 11.7. The monoisotopic (exact) mass is 207 g/mol. The van der Waals surface area contributed by atoms with Gasteiger partial charge in [0.2, 0.25) is 0 Å². The first-order valence-corrected chi connectivity index (χ1v) is 5.37. The van der Waals surface area contributed by atoms with Crippen LogP contribution < -0.4 is 0 Å². The van der Waals surface area contributed by atoms with Gasteiger partial charge in [-0.15, -0.1) is 0 Å². The Kier molecular flexibility index (Phi) is 5.44. The van der Waals surface area contributed by atoms with Gasteiger partial charge in [0.05, 0.1) is 6.61 Å². The van der Waals surface area contributed by atoms with Crippen molar-refractivity contribution in [3.05, 3.63) is 30.1 Å².